The first kappa shape index (κ1) is 16.3. The molecule has 2 rings (SSSR count). The molecule has 0 aliphatic carbocycles. The van der Waals surface area contributed by atoms with E-state index in [0.29, 0.717) is 11.5 Å². The maximum absolute atomic E-state index is 12.7. The third kappa shape index (κ3) is 4.45. The molecular weight excluding hydrogens is 332 g/mol. The molecule has 1 heterocycles. The van der Waals surface area contributed by atoms with Crippen molar-refractivity contribution in [2.75, 3.05) is 26.2 Å². The molecule has 1 aromatic carbocycles. The minimum atomic E-state index is -0.0748. The Morgan fingerprint density at radius 2 is 2.14 bits per heavy atom. The number of benzene rings is 1. The summed E-state index contributed by atoms with van der Waals surface area (Å²) >= 11 is 3.36. The second kappa shape index (κ2) is 7.80. The van der Waals surface area contributed by atoms with Gasteiger partial charge in [0.05, 0.1) is 5.56 Å². The van der Waals surface area contributed by atoms with E-state index >= 15 is 0 Å². The Bertz CT molecular complexity index is 487. The quantitative estimate of drug-likeness (QED) is 0.854. The zero-order valence-electron chi connectivity index (χ0n) is 12.4. The maximum atomic E-state index is 12.7. The van der Waals surface area contributed by atoms with E-state index in [-0.39, 0.29) is 11.7 Å². The Labute approximate surface area is 134 Å². The standard InChI is InChI=1S/C16H23BrN2O2/c1-2-9-19(11-12-5-7-18-8-6-12)16(21)14-10-13(17)3-4-15(14)20/h3-4,10,12,18,20H,2,5-9,11H2,1H3. The number of hydrogen-bond acceptors (Lipinski definition) is 3. The summed E-state index contributed by atoms with van der Waals surface area (Å²) in [5.74, 6) is 0.528. The number of halogens is 1. The van der Waals surface area contributed by atoms with Gasteiger partial charge in [0.2, 0.25) is 0 Å². The van der Waals surface area contributed by atoms with Gasteiger partial charge in [0.1, 0.15) is 5.75 Å². The zero-order chi connectivity index (χ0) is 15.2. The van der Waals surface area contributed by atoms with Crippen LogP contribution in [0.5, 0.6) is 5.75 Å². The molecule has 4 nitrogen and oxygen atoms in total. The van der Waals surface area contributed by atoms with Gasteiger partial charge in [0.15, 0.2) is 0 Å². The van der Waals surface area contributed by atoms with Crippen LogP contribution in [0.25, 0.3) is 0 Å². The molecule has 0 atom stereocenters. The molecule has 2 N–H and O–H groups in total. The Kier molecular flexibility index (Phi) is 6.06. The van der Waals surface area contributed by atoms with Crippen molar-refractivity contribution >= 4 is 21.8 Å². The van der Waals surface area contributed by atoms with E-state index in [4.69, 9.17) is 0 Å². The second-order valence-electron chi connectivity index (χ2n) is 5.61. The van der Waals surface area contributed by atoms with Gasteiger partial charge in [-0.25, -0.2) is 0 Å². The number of carbonyl (C=O) groups excluding carboxylic acids is 1. The van der Waals surface area contributed by atoms with Crippen LogP contribution in [0.3, 0.4) is 0 Å². The lowest BCUT2D eigenvalue weighted by molar-refractivity contribution is 0.0713. The van der Waals surface area contributed by atoms with Crippen molar-refractivity contribution < 1.29 is 9.90 Å². The number of rotatable bonds is 5. The van der Waals surface area contributed by atoms with Crippen LogP contribution in [0, 0.1) is 5.92 Å². The monoisotopic (exact) mass is 354 g/mol. The van der Waals surface area contributed by atoms with E-state index in [1.807, 2.05) is 4.90 Å². The molecule has 21 heavy (non-hydrogen) atoms. The van der Waals surface area contributed by atoms with Crippen LogP contribution < -0.4 is 5.32 Å². The predicted molar refractivity (Wildman–Crippen MR) is 87.6 cm³/mol. The lowest BCUT2D eigenvalue weighted by atomic mass is 9.97. The molecule has 0 bridgehead atoms. The summed E-state index contributed by atoms with van der Waals surface area (Å²) in [5.41, 5.74) is 0.381. The molecule has 1 aliphatic rings. The average molecular weight is 355 g/mol. The van der Waals surface area contributed by atoms with Gasteiger partial charge >= 0.3 is 0 Å². The first-order valence-corrected chi connectivity index (χ1v) is 8.39. The van der Waals surface area contributed by atoms with Crippen LogP contribution in [-0.2, 0) is 0 Å². The minimum Gasteiger partial charge on any atom is -0.507 e. The highest BCUT2D eigenvalue weighted by Gasteiger charge is 2.23. The van der Waals surface area contributed by atoms with Gasteiger partial charge < -0.3 is 15.3 Å². The Balaban J connectivity index is 2.12. The van der Waals surface area contributed by atoms with Crippen LogP contribution >= 0.6 is 15.9 Å². The number of piperidine rings is 1. The molecule has 1 aliphatic heterocycles. The van der Waals surface area contributed by atoms with Crippen molar-refractivity contribution in [2.45, 2.75) is 26.2 Å². The fourth-order valence-corrected chi connectivity index (χ4v) is 3.13. The second-order valence-corrected chi connectivity index (χ2v) is 6.52. The molecule has 0 aromatic heterocycles. The summed E-state index contributed by atoms with van der Waals surface area (Å²) in [6.07, 6.45) is 3.14. The summed E-state index contributed by atoms with van der Waals surface area (Å²) in [7, 11) is 0. The van der Waals surface area contributed by atoms with Crippen molar-refractivity contribution in [2.24, 2.45) is 5.92 Å². The van der Waals surface area contributed by atoms with Crippen LogP contribution in [-0.4, -0.2) is 42.1 Å². The zero-order valence-corrected chi connectivity index (χ0v) is 14.0. The molecule has 0 unspecified atom stereocenters. The van der Waals surface area contributed by atoms with Gasteiger partial charge in [-0.15, -0.1) is 0 Å². The van der Waals surface area contributed by atoms with Crippen molar-refractivity contribution in [1.82, 2.24) is 10.2 Å². The van der Waals surface area contributed by atoms with Gasteiger partial charge in [0, 0.05) is 17.6 Å². The number of phenolic OH excluding ortho intramolecular Hbond substituents is 1. The SMILES string of the molecule is CCCN(CC1CCNCC1)C(=O)c1cc(Br)ccc1O. The lowest BCUT2D eigenvalue weighted by Crippen LogP contribution is -2.39. The number of nitrogens with one attached hydrogen (secondary N) is 1. The Morgan fingerprint density at radius 3 is 2.81 bits per heavy atom. The largest absolute Gasteiger partial charge is 0.507 e. The molecular formula is C16H23BrN2O2. The van der Waals surface area contributed by atoms with Crippen molar-refractivity contribution in [3.05, 3.63) is 28.2 Å². The number of hydrogen-bond donors (Lipinski definition) is 2. The topological polar surface area (TPSA) is 52.6 Å². The summed E-state index contributed by atoms with van der Waals surface area (Å²) in [6.45, 7) is 5.64. The Morgan fingerprint density at radius 1 is 1.43 bits per heavy atom. The van der Waals surface area contributed by atoms with E-state index in [9.17, 15) is 9.90 Å². The number of carbonyl (C=O) groups is 1. The fraction of sp³-hybridized carbons (Fsp3) is 0.562. The Hall–Kier alpha value is -1.07. The normalized spacial score (nSPS) is 15.9. The molecule has 1 fully saturated rings. The fourth-order valence-electron chi connectivity index (χ4n) is 2.77. The van der Waals surface area contributed by atoms with Crippen molar-refractivity contribution in [1.29, 1.82) is 0 Å². The number of amides is 1. The molecule has 1 saturated heterocycles. The number of phenols is 1. The molecule has 0 spiro atoms. The molecule has 116 valence electrons. The first-order valence-electron chi connectivity index (χ1n) is 7.60. The predicted octanol–water partition coefficient (Wildman–Crippen LogP) is 3.01. The van der Waals surface area contributed by atoms with Gasteiger partial charge in [-0.05, 0) is 56.5 Å². The number of aromatic hydroxyl groups is 1. The van der Waals surface area contributed by atoms with E-state index in [1.165, 1.54) is 0 Å². The van der Waals surface area contributed by atoms with Gasteiger partial charge in [-0.2, -0.15) is 0 Å². The molecule has 0 radical (unpaired) electrons. The lowest BCUT2D eigenvalue weighted by Gasteiger charge is -2.30. The third-order valence-electron chi connectivity index (χ3n) is 3.91. The highest BCUT2D eigenvalue weighted by atomic mass is 79.9. The maximum Gasteiger partial charge on any atom is 0.257 e. The summed E-state index contributed by atoms with van der Waals surface area (Å²) in [4.78, 5) is 14.6. The summed E-state index contributed by atoms with van der Waals surface area (Å²) in [5, 5.41) is 13.3. The van der Waals surface area contributed by atoms with Crippen LogP contribution in [0.2, 0.25) is 0 Å². The summed E-state index contributed by atoms with van der Waals surface area (Å²) < 4.78 is 0.807. The van der Waals surface area contributed by atoms with Crippen LogP contribution in [0.15, 0.2) is 22.7 Å². The van der Waals surface area contributed by atoms with Crippen molar-refractivity contribution in [3.8, 4) is 5.75 Å². The first-order chi connectivity index (χ1) is 10.1. The van der Waals surface area contributed by atoms with Gasteiger partial charge in [-0.1, -0.05) is 22.9 Å². The molecule has 1 amide bonds. The smallest absolute Gasteiger partial charge is 0.257 e. The van der Waals surface area contributed by atoms with Crippen molar-refractivity contribution in [3.63, 3.8) is 0 Å². The van der Waals surface area contributed by atoms with Crippen LogP contribution in [0.4, 0.5) is 0 Å². The average Bonchev–Trinajstić information content (AvgIpc) is 2.49. The van der Waals surface area contributed by atoms with E-state index < -0.39 is 0 Å². The molecule has 0 saturated carbocycles. The van der Waals surface area contributed by atoms with E-state index in [0.717, 1.165) is 49.9 Å². The van der Waals surface area contributed by atoms with Gasteiger partial charge in [-0.3, -0.25) is 4.79 Å². The van der Waals surface area contributed by atoms with E-state index in [1.54, 1.807) is 18.2 Å². The highest BCUT2D eigenvalue weighted by molar-refractivity contribution is 9.10. The van der Waals surface area contributed by atoms with Gasteiger partial charge in [0.25, 0.3) is 5.91 Å². The minimum absolute atomic E-state index is 0.0506. The van der Waals surface area contributed by atoms with E-state index in [2.05, 4.69) is 28.2 Å². The van der Waals surface area contributed by atoms with Crippen LogP contribution in [0.1, 0.15) is 36.5 Å². The highest BCUT2D eigenvalue weighted by Crippen LogP contribution is 2.24. The molecule has 5 heteroatoms. The summed E-state index contributed by atoms with van der Waals surface area (Å²) in [6, 6.07) is 5.00. The third-order valence-corrected chi connectivity index (χ3v) is 4.40. The molecule has 1 aromatic rings. The number of nitrogens with zero attached hydrogens (tertiary/aromatic N) is 1.